The van der Waals surface area contributed by atoms with Gasteiger partial charge in [0.05, 0.1) is 6.10 Å². The van der Waals surface area contributed by atoms with Crippen molar-refractivity contribution in [3.8, 4) is 0 Å². The summed E-state index contributed by atoms with van der Waals surface area (Å²) in [6, 6.07) is 7.41. The Morgan fingerprint density at radius 1 is 1.31 bits per heavy atom. The zero-order valence-electron chi connectivity index (χ0n) is 9.45. The van der Waals surface area contributed by atoms with Crippen LogP contribution in [0.1, 0.15) is 31.2 Å². The van der Waals surface area contributed by atoms with Gasteiger partial charge in [0.2, 0.25) is 0 Å². The van der Waals surface area contributed by atoms with Crippen LogP contribution in [0.2, 0.25) is 5.02 Å². The highest BCUT2D eigenvalue weighted by molar-refractivity contribution is 6.30. The minimum Gasteiger partial charge on any atom is -0.382 e. The normalized spacial score (nSPS) is 30.3. The first-order chi connectivity index (χ1) is 7.66. The van der Waals surface area contributed by atoms with Crippen molar-refractivity contribution in [2.45, 2.75) is 37.4 Å². The van der Waals surface area contributed by atoms with Gasteiger partial charge >= 0.3 is 0 Å². The van der Waals surface area contributed by atoms with Crippen LogP contribution in [0, 0.1) is 0 Å². The fourth-order valence-electron chi connectivity index (χ4n) is 2.51. The van der Waals surface area contributed by atoms with Crippen LogP contribution in [0.5, 0.6) is 0 Å². The largest absolute Gasteiger partial charge is 0.382 e. The van der Waals surface area contributed by atoms with Crippen molar-refractivity contribution in [2.24, 2.45) is 0 Å². The summed E-state index contributed by atoms with van der Waals surface area (Å²) in [5, 5.41) is 11.4. The fraction of sp³-hybridized carbons (Fsp3) is 0.538. The summed E-state index contributed by atoms with van der Waals surface area (Å²) < 4.78 is 5.41. The lowest BCUT2D eigenvalue weighted by Crippen LogP contribution is -2.43. The smallest absolute Gasteiger partial charge is 0.116 e. The van der Waals surface area contributed by atoms with Gasteiger partial charge in [-0.25, -0.2) is 0 Å². The number of benzene rings is 1. The topological polar surface area (TPSA) is 29.5 Å². The maximum atomic E-state index is 10.7. The van der Waals surface area contributed by atoms with Gasteiger partial charge in [-0.15, -0.1) is 0 Å². The molecule has 0 saturated heterocycles. The maximum Gasteiger partial charge on any atom is 0.116 e. The molecule has 1 fully saturated rings. The van der Waals surface area contributed by atoms with Crippen LogP contribution in [-0.2, 0) is 10.3 Å². The van der Waals surface area contributed by atoms with Gasteiger partial charge in [-0.2, -0.15) is 0 Å². The highest BCUT2D eigenvalue weighted by Crippen LogP contribution is 2.38. The lowest BCUT2D eigenvalue weighted by molar-refractivity contribution is -0.122. The molecule has 16 heavy (non-hydrogen) atoms. The number of hydrogen-bond donors (Lipinski definition) is 1. The summed E-state index contributed by atoms with van der Waals surface area (Å²) in [5.74, 6) is 0. The molecule has 1 aliphatic rings. The van der Waals surface area contributed by atoms with E-state index >= 15 is 0 Å². The molecule has 0 spiro atoms. The van der Waals surface area contributed by atoms with Crippen molar-refractivity contribution in [3.05, 3.63) is 34.9 Å². The van der Waals surface area contributed by atoms with Crippen LogP contribution >= 0.6 is 11.6 Å². The van der Waals surface area contributed by atoms with Crippen molar-refractivity contribution in [2.75, 3.05) is 7.11 Å². The van der Waals surface area contributed by atoms with E-state index in [1.54, 1.807) is 7.11 Å². The SMILES string of the molecule is COC1CCCCC1(O)c1ccc(Cl)cc1. The second-order valence-corrected chi connectivity index (χ2v) is 4.84. The zero-order chi connectivity index (χ0) is 11.6. The second-order valence-electron chi connectivity index (χ2n) is 4.40. The van der Waals surface area contributed by atoms with Crippen molar-refractivity contribution in [1.82, 2.24) is 0 Å². The minimum absolute atomic E-state index is 0.109. The zero-order valence-corrected chi connectivity index (χ0v) is 10.2. The van der Waals surface area contributed by atoms with Crippen LogP contribution in [-0.4, -0.2) is 18.3 Å². The molecule has 0 aromatic heterocycles. The molecule has 1 aliphatic carbocycles. The van der Waals surface area contributed by atoms with E-state index in [0.29, 0.717) is 5.02 Å². The predicted octanol–water partition coefficient (Wildman–Crippen LogP) is 3.12. The Morgan fingerprint density at radius 3 is 2.62 bits per heavy atom. The number of halogens is 1. The van der Waals surface area contributed by atoms with Crippen LogP contribution < -0.4 is 0 Å². The van der Waals surface area contributed by atoms with E-state index in [1.807, 2.05) is 24.3 Å². The Labute approximate surface area is 101 Å². The number of hydrogen-bond acceptors (Lipinski definition) is 2. The predicted molar refractivity (Wildman–Crippen MR) is 64.6 cm³/mol. The molecular weight excluding hydrogens is 224 g/mol. The second kappa shape index (κ2) is 4.74. The number of aliphatic hydroxyl groups is 1. The Bertz CT molecular complexity index is 349. The third kappa shape index (κ3) is 2.10. The highest BCUT2D eigenvalue weighted by Gasteiger charge is 2.40. The molecule has 2 atom stereocenters. The van der Waals surface area contributed by atoms with Gasteiger partial charge in [-0.05, 0) is 30.5 Å². The Balaban J connectivity index is 2.31. The summed E-state index contributed by atoms with van der Waals surface area (Å²) >= 11 is 5.85. The van der Waals surface area contributed by atoms with Crippen molar-refractivity contribution < 1.29 is 9.84 Å². The molecule has 1 aromatic rings. The summed E-state index contributed by atoms with van der Waals surface area (Å²) in [6.07, 6.45) is 3.72. The van der Waals surface area contributed by atoms with E-state index in [1.165, 1.54) is 0 Å². The van der Waals surface area contributed by atoms with Gasteiger partial charge < -0.3 is 9.84 Å². The summed E-state index contributed by atoms with van der Waals surface area (Å²) in [5.41, 5.74) is 0.0564. The summed E-state index contributed by atoms with van der Waals surface area (Å²) in [7, 11) is 1.66. The molecule has 0 aliphatic heterocycles. The molecular formula is C13H17ClO2. The van der Waals surface area contributed by atoms with Crippen LogP contribution in [0.25, 0.3) is 0 Å². The highest BCUT2D eigenvalue weighted by atomic mass is 35.5. The summed E-state index contributed by atoms with van der Waals surface area (Å²) in [6.45, 7) is 0. The van der Waals surface area contributed by atoms with Crippen molar-refractivity contribution in [3.63, 3.8) is 0 Å². The van der Waals surface area contributed by atoms with E-state index in [9.17, 15) is 5.11 Å². The molecule has 2 rings (SSSR count). The Hall–Kier alpha value is -0.570. The average Bonchev–Trinajstić information content (AvgIpc) is 2.30. The van der Waals surface area contributed by atoms with Crippen LogP contribution in [0.15, 0.2) is 24.3 Å². The van der Waals surface area contributed by atoms with E-state index in [4.69, 9.17) is 16.3 Å². The quantitative estimate of drug-likeness (QED) is 0.861. The fourth-order valence-corrected chi connectivity index (χ4v) is 2.63. The molecule has 0 bridgehead atoms. The van der Waals surface area contributed by atoms with E-state index in [0.717, 1.165) is 31.2 Å². The molecule has 3 heteroatoms. The average molecular weight is 241 g/mol. The van der Waals surface area contributed by atoms with Crippen molar-refractivity contribution in [1.29, 1.82) is 0 Å². The number of ether oxygens (including phenoxy) is 1. The third-order valence-corrected chi connectivity index (χ3v) is 3.69. The van der Waals surface area contributed by atoms with Gasteiger partial charge in [0.15, 0.2) is 0 Å². The van der Waals surface area contributed by atoms with E-state index in [2.05, 4.69) is 0 Å². The first kappa shape index (κ1) is 11.9. The van der Waals surface area contributed by atoms with Crippen LogP contribution in [0.4, 0.5) is 0 Å². The Morgan fingerprint density at radius 2 is 2.00 bits per heavy atom. The van der Waals surface area contributed by atoms with E-state index in [-0.39, 0.29) is 6.10 Å². The van der Waals surface area contributed by atoms with E-state index < -0.39 is 5.60 Å². The molecule has 0 heterocycles. The summed E-state index contributed by atoms with van der Waals surface area (Å²) in [4.78, 5) is 0. The van der Waals surface area contributed by atoms with Gasteiger partial charge in [-0.3, -0.25) is 0 Å². The maximum absolute atomic E-state index is 10.7. The van der Waals surface area contributed by atoms with Crippen molar-refractivity contribution >= 4 is 11.6 Å². The molecule has 1 aromatic carbocycles. The Kier molecular flexibility index (Phi) is 3.53. The number of methoxy groups -OCH3 is 1. The molecule has 1 N–H and O–H groups in total. The first-order valence-electron chi connectivity index (χ1n) is 5.68. The lowest BCUT2D eigenvalue weighted by atomic mass is 9.77. The molecule has 0 radical (unpaired) electrons. The van der Waals surface area contributed by atoms with Gasteiger partial charge in [-0.1, -0.05) is 36.6 Å². The minimum atomic E-state index is -0.850. The molecule has 2 unspecified atom stereocenters. The number of rotatable bonds is 2. The monoisotopic (exact) mass is 240 g/mol. The third-order valence-electron chi connectivity index (χ3n) is 3.44. The van der Waals surface area contributed by atoms with Gasteiger partial charge in [0, 0.05) is 12.1 Å². The first-order valence-corrected chi connectivity index (χ1v) is 6.06. The van der Waals surface area contributed by atoms with Crippen LogP contribution in [0.3, 0.4) is 0 Å². The molecule has 88 valence electrons. The molecule has 2 nitrogen and oxygen atoms in total. The molecule has 1 saturated carbocycles. The lowest BCUT2D eigenvalue weighted by Gasteiger charge is -2.39. The standard InChI is InChI=1S/C13H17ClO2/c1-16-12-4-2-3-9-13(12,15)10-5-7-11(14)8-6-10/h5-8,12,15H,2-4,9H2,1H3. The van der Waals surface area contributed by atoms with Gasteiger partial charge in [0.25, 0.3) is 0 Å². The van der Waals surface area contributed by atoms with Gasteiger partial charge in [0.1, 0.15) is 5.60 Å². The molecule has 0 amide bonds.